The number of pyridine rings is 1. The van der Waals surface area contributed by atoms with E-state index in [1.807, 2.05) is 53.7 Å². The van der Waals surface area contributed by atoms with Crippen LogP contribution in [-0.2, 0) is 27.1 Å². The lowest BCUT2D eigenvalue weighted by Gasteiger charge is -2.41. The van der Waals surface area contributed by atoms with E-state index < -0.39 is 17.7 Å². The second kappa shape index (κ2) is 13.3. The SMILES string of the molecule is Cc1nc(C)c([C@H](OC(C)(C)C)C(=O)OC(C)C)c(N2CCC(C)(C)CC2)c1-c1ccc2c(c1)CC[C@H](Cc1ccc(F)cc1)O2. The lowest BCUT2D eigenvalue weighted by molar-refractivity contribution is -0.171. The molecular formula is C39H51FN2O4. The van der Waals surface area contributed by atoms with Crippen molar-refractivity contribution < 1.29 is 23.4 Å². The van der Waals surface area contributed by atoms with Crippen LogP contribution in [0.4, 0.5) is 10.1 Å². The predicted octanol–water partition coefficient (Wildman–Crippen LogP) is 8.88. The van der Waals surface area contributed by atoms with Gasteiger partial charge >= 0.3 is 5.97 Å². The van der Waals surface area contributed by atoms with Crippen LogP contribution in [0.3, 0.4) is 0 Å². The van der Waals surface area contributed by atoms with Crippen LogP contribution in [0.2, 0.25) is 0 Å². The van der Waals surface area contributed by atoms with Crippen LogP contribution in [0.25, 0.3) is 11.1 Å². The Morgan fingerprint density at radius 3 is 2.37 bits per heavy atom. The van der Waals surface area contributed by atoms with E-state index in [4.69, 9.17) is 19.2 Å². The summed E-state index contributed by atoms with van der Waals surface area (Å²) in [6.07, 6.45) is 3.42. The lowest BCUT2D eigenvalue weighted by atomic mass is 9.81. The largest absolute Gasteiger partial charge is 0.490 e. The third-order valence-corrected chi connectivity index (χ3v) is 9.07. The van der Waals surface area contributed by atoms with E-state index in [1.165, 1.54) is 12.1 Å². The summed E-state index contributed by atoms with van der Waals surface area (Å²) in [7, 11) is 0. The Morgan fingerprint density at radius 1 is 1.07 bits per heavy atom. The molecule has 0 bridgehead atoms. The number of rotatable bonds is 8. The maximum Gasteiger partial charge on any atom is 0.340 e. The summed E-state index contributed by atoms with van der Waals surface area (Å²) < 4.78 is 32.2. The molecule has 0 aliphatic carbocycles. The number of ether oxygens (including phenoxy) is 3. The standard InChI is InChI=1S/C39H51FN2O4/c1-24(2)44-37(43)36(46-38(5,6)7)34-26(4)41-25(3)33(35(34)42-20-18-39(8,9)19-21-42)29-13-17-32-28(23-29)12-16-31(45-32)22-27-10-14-30(40)15-11-27/h10-11,13-15,17,23-24,31,36H,12,16,18-22H2,1-9H3/t31-,36+/m1/s1. The summed E-state index contributed by atoms with van der Waals surface area (Å²) in [5.41, 5.74) is 7.45. The summed E-state index contributed by atoms with van der Waals surface area (Å²) in [4.78, 5) is 21.3. The van der Waals surface area contributed by atoms with Gasteiger partial charge in [-0.2, -0.15) is 0 Å². The van der Waals surface area contributed by atoms with Crippen LogP contribution in [0.5, 0.6) is 5.75 Å². The number of anilines is 1. The highest BCUT2D eigenvalue weighted by molar-refractivity contribution is 5.89. The number of benzene rings is 2. The number of halogens is 1. The molecule has 0 unspecified atom stereocenters. The number of aryl methyl sites for hydroxylation is 3. The van der Waals surface area contributed by atoms with Gasteiger partial charge in [0.15, 0.2) is 6.10 Å². The fourth-order valence-corrected chi connectivity index (χ4v) is 6.67. The molecule has 0 N–H and O–H groups in total. The van der Waals surface area contributed by atoms with Crippen molar-refractivity contribution in [3.63, 3.8) is 0 Å². The summed E-state index contributed by atoms with van der Waals surface area (Å²) in [5.74, 6) is 0.265. The number of piperidine rings is 1. The van der Waals surface area contributed by atoms with Gasteiger partial charge in [-0.15, -0.1) is 0 Å². The normalized spacial score (nSPS) is 18.6. The summed E-state index contributed by atoms with van der Waals surface area (Å²) in [5, 5.41) is 0. The van der Waals surface area contributed by atoms with Crippen molar-refractivity contribution in [2.24, 2.45) is 5.41 Å². The van der Waals surface area contributed by atoms with Crippen LogP contribution in [-0.4, -0.2) is 41.9 Å². The number of hydrogen-bond acceptors (Lipinski definition) is 6. The molecule has 2 atom stereocenters. The molecule has 3 aromatic rings. The van der Waals surface area contributed by atoms with E-state index in [0.29, 0.717) is 0 Å². The van der Waals surface area contributed by atoms with Crippen LogP contribution >= 0.6 is 0 Å². The van der Waals surface area contributed by atoms with Gasteiger partial charge in [0.05, 0.1) is 17.4 Å². The Balaban J connectivity index is 1.59. The van der Waals surface area contributed by atoms with Crippen LogP contribution < -0.4 is 9.64 Å². The van der Waals surface area contributed by atoms with Gasteiger partial charge in [-0.25, -0.2) is 9.18 Å². The van der Waals surface area contributed by atoms with Crippen molar-refractivity contribution in [2.45, 2.75) is 118 Å². The molecule has 1 aromatic heterocycles. The van der Waals surface area contributed by atoms with Crippen molar-refractivity contribution in [2.75, 3.05) is 18.0 Å². The number of aromatic nitrogens is 1. The molecule has 0 amide bonds. The first-order valence-corrected chi connectivity index (χ1v) is 16.8. The first-order chi connectivity index (χ1) is 21.6. The third kappa shape index (κ3) is 7.91. The Kier molecular flexibility index (Phi) is 9.84. The zero-order chi connectivity index (χ0) is 33.4. The zero-order valence-corrected chi connectivity index (χ0v) is 29.1. The van der Waals surface area contributed by atoms with E-state index >= 15 is 0 Å². The van der Waals surface area contributed by atoms with Gasteiger partial charge < -0.3 is 19.1 Å². The second-order valence-corrected chi connectivity index (χ2v) is 15.1. The van der Waals surface area contributed by atoms with Crippen molar-refractivity contribution in [3.8, 4) is 16.9 Å². The van der Waals surface area contributed by atoms with E-state index in [9.17, 15) is 9.18 Å². The maximum absolute atomic E-state index is 13.8. The average Bonchev–Trinajstić information content (AvgIpc) is 2.96. The van der Waals surface area contributed by atoms with Gasteiger partial charge in [0, 0.05) is 42.0 Å². The minimum absolute atomic E-state index is 0.0349. The molecular weight excluding hydrogens is 579 g/mol. The van der Waals surface area contributed by atoms with E-state index in [1.54, 1.807) is 0 Å². The fourth-order valence-electron chi connectivity index (χ4n) is 6.67. The second-order valence-electron chi connectivity index (χ2n) is 15.1. The van der Waals surface area contributed by atoms with Crippen LogP contribution in [0.1, 0.15) is 102 Å². The Hall–Kier alpha value is -3.45. The zero-order valence-electron chi connectivity index (χ0n) is 29.1. The number of esters is 1. The number of hydrogen-bond donors (Lipinski definition) is 0. The minimum atomic E-state index is -0.924. The van der Waals surface area contributed by atoms with Crippen LogP contribution in [0.15, 0.2) is 42.5 Å². The van der Waals surface area contributed by atoms with E-state index in [0.717, 1.165) is 95.8 Å². The number of carbonyl (C=O) groups is 1. The molecule has 46 heavy (non-hydrogen) atoms. The third-order valence-electron chi connectivity index (χ3n) is 9.07. The molecule has 1 saturated heterocycles. The Morgan fingerprint density at radius 2 is 1.74 bits per heavy atom. The van der Waals surface area contributed by atoms with E-state index in [-0.39, 0.29) is 23.4 Å². The monoisotopic (exact) mass is 630 g/mol. The number of carbonyl (C=O) groups excluding carboxylic acids is 1. The molecule has 1 fully saturated rings. The number of fused-ring (bicyclic) bond motifs is 1. The molecule has 7 heteroatoms. The molecule has 2 aliphatic heterocycles. The molecule has 2 aliphatic rings. The highest BCUT2D eigenvalue weighted by Gasteiger charge is 2.38. The summed E-state index contributed by atoms with van der Waals surface area (Å²) in [6, 6.07) is 13.1. The van der Waals surface area contributed by atoms with Gasteiger partial charge in [-0.1, -0.05) is 32.0 Å². The summed E-state index contributed by atoms with van der Waals surface area (Å²) in [6.45, 7) is 20.1. The van der Waals surface area contributed by atoms with Crippen molar-refractivity contribution in [3.05, 3.63) is 76.4 Å². The van der Waals surface area contributed by atoms with Gasteiger partial charge in [0.2, 0.25) is 0 Å². The van der Waals surface area contributed by atoms with Gasteiger partial charge in [-0.3, -0.25) is 4.98 Å². The number of nitrogens with zero attached hydrogens (tertiary/aromatic N) is 2. The van der Waals surface area contributed by atoms with E-state index in [2.05, 4.69) is 43.9 Å². The molecule has 0 radical (unpaired) electrons. The highest BCUT2D eigenvalue weighted by Crippen LogP contribution is 2.46. The van der Waals surface area contributed by atoms with Gasteiger partial charge in [0.1, 0.15) is 17.7 Å². The molecule has 2 aromatic carbocycles. The predicted molar refractivity (Wildman–Crippen MR) is 182 cm³/mol. The molecule has 3 heterocycles. The Bertz CT molecular complexity index is 1550. The molecule has 5 rings (SSSR count). The van der Waals surface area contributed by atoms with Crippen molar-refractivity contribution in [1.82, 2.24) is 4.98 Å². The Labute approximate surface area is 274 Å². The first-order valence-electron chi connectivity index (χ1n) is 16.8. The van der Waals surface area contributed by atoms with Gasteiger partial charge in [-0.05, 0) is 121 Å². The minimum Gasteiger partial charge on any atom is -0.490 e. The first kappa shape index (κ1) is 33.9. The molecule has 248 valence electrons. The smallest absolute Gasteiger partial charge is 0.340 e. The average molecular weight is 631 g/mol. The van der Waals surface area contributed by atoms with Crippen molar-refractivity contribution in [1.29, 1.82) is 0 Å². The molecule has 0 spiro atoms. The highest BCUT2D eigenvalue weighted by atomic mass is 19.1. The van der Waals surface area contributed by atoms with Crippen LogP contribution in [0, 0.1) is 25.1 Å². The quantitative estimate of drug-likeness (QED) is 0.232. The molecule has 0 saturated carbocycles. The summed E-state index contributed by atoms with van der Waals surface area (Å²) >= 11 is 0. The van der Waals surface area contributed by atoms with Gasteiger partial charge in [0.25, 0.3) is 0 Å². The fraction of sp³-hybridized carbons (Fsp3) is 0.538. The maximum atomic E-state index is 13.8. The topological polar surface area (TPSA) is 60.9 Å². The molecule has 6 nitrogen and oxygen atoms in total. The lowest BCUT2D eigenvalue weighted by Crippen LogP contribution is -2.39. The van der Waals surface area contributed by atoms with Crippen molar-refractivity contribution >= 4 is 11.7 Å².